The summed E-state index contributed by atoms with van der Waals surface area (Å²) in [7, 11) is 0. The van der Waals surface area contributed by atoms with Crippen LogP contribution < -0.4 is 16.0 Å². The topological polar surface area (TPSA) is 165 Å². The summed E-state index contributed by atoms with van der Waals surface area (Å²) in [6.07, 6.45) is 7.13. The third-order valence-corrected chi connectivity index (χ3v) is 6.29. The standard InChI is InChI=1S/C27H25N3O7/c28-14-20-21(31)11-10-19(23(20)25(32)30-29)26(33)37-27(34)24-18(12-13-35-24)17-8-4-5-9-22(17)36-15-16-6-2-1-3-7-16/h4-5,8-13,16,31H,1-3,6-7,15,29H2,(H,30,32). The number of para-hydroxylation sites is 1. The number of nitriles is 1. The monoisotopic (exact) mass is 503 g/mol. The molecule has 1 amide bonds. The predicted molar refractivity (Wildman–Crippen MR) is 130 cm³/mol. The Balaban J connectivity index is 1.58. The Morgan fingerprint density at radius 1 is 1.05 bits per heavy atom. The number of nitrogens with zero attached hydrogens (tertiary/aromatic N) is 1. The van der Waals surface area contributed by atoms with Gasteiger partial charge in [-0.15, -0.1) is 0 Å². The van der Waals surface area contributed by atoms with E-state index in [1.165, 1.54) is 25.5 Å². The van der Waals surface area contributed by atoms with E-state index in [-0.39, 0.29) is 5.76 Å². The Morgan fingerprint density at radius 2 is 1.81 bits per heavy atom. The molecule has 190 valence electrons. The van der Waals surface area contributed by atoms with E-state index in [1.807, 2.05) is 6.07 Å². The normalized spacial score (nSPS) is 13.4. The molecule has 0 unspecified atom stereocenters. The number of furan rings is 1. The van der Waals surface area contributed by atoms with Gasteiger partial charge in [-0.3, -0.25) is 10.2 Å². The van der Waals surface area contributed by atoms with Crippen molar-refractivity contribution in [2.45, 2.75) is 32.1 Å². The number of benzene rings is 2. The molecule has 4 rings (SSSR count). The Bertz CT molecular complexity index is 1370. The zero-order valence-electron chi connectivity index (χ0n) is 19.9. The van der Waals surface area contributed by atoms with Gasteiger partial charge >= 0.3 is 11.9 Å². The predicted octanol–water partition coefficient (Wildman–Crippen LogP) is 4.08. The quantitative estimate of drug-likeness (QED) is 0.142. The number of phenols is 1. The summed E-state index contributed by atoms with van der Waals surface area (Å²) in [4.78, 5) is 38.0. The van der Waals surface area contributed by atoms with Gasteiger partial charge in [0.15, 0.2) is 0 Å². The first kappa shape index (κ1) is 25.5. The van der Waals surface area contributed by atoms with Crippen LogP contribution in [0.3, 0.4) is 0 Å². The van der Waals surface area contributed by atoms with Crippen LogP contribution in [0.15, 0.2) is 53.1 Å². The van der Waals surface area contributed by atoms with E-state index in [9.17, 15) is 24.8 Å². The number of hydrogen-bond donors (Lipinski definition) is 3. The number of nitrogen functional groups attached to an aromatic ring is 1. The van der Waals surface area contributed by atoms with Gasteiger partial charge in [-0.2, -0.15) is 5.26 Å². The Kier molecular flexibility index (Phi) is 7.86. The summed E-state index contributed by atoms with van der Waals surface area (Å²) < 4.78 is 16.4. The Labute approximate surface area is 212 Å². The number of phenolic OH excluding ortho intramolecular Hbond substituents is 1. The second-order valence-corrected chi connectivity index (χ2v) is 8.62. The van der Waals surface area contributed by atoms with Crippen molar-refractivity contribution in [2.24, 2.45) is 11.8 Å². The molecule has 3 aromatic rings. The maximum Gasteiger partial charge on any atom is 0.382 e. The van der Waals surface area contributed by atoms with Crippen LogP contribution in [0.1, 0.15) is 68.9 Å². The number of ether oxygens (including phenoxy) is 2. The van der Waals surface area contributed by atoms with Crippen molar-refractivity contribution in [1.82, 2.24) is 5.43 Å². The molecule has 0 spiro atoms. The number of rotatable bonds is 7. The largest absolute Gasteiger partial charge is 0.507 e. The Hall–Kier alpha value is -4.62. The van der Waals surface area contributed by atoms with Crippen LogP contribution in [-0.4, -0.2) is 29.6 Å². The fraction of sp³-hybridized carbons (Fsp3) is 0.259. The highest BCUT2D eigenvalue weighted by Crippen LogP contribution is 2.35. The lowest BCUT2D eigenvalue weighted by atomic mass is 9.90. The average molecular weight is 504 g/mol. The van der Waals surface area contributed by atoms with Gasteiger partial charge in [-0.05, 0) is 43.0 Å². The van der Waals surface area contributed by atoms with Crippen molar-refractivity contribution in [3.8, 4) is 28.7 Å². The number of hydrogen-bond acceptors (Lipinski definition) is 9. The lowest BCUT2D eigenvalue weighted by Crippen LogP contribution is -2.32. The molecular formula is C27H25N3O7. The summed E-state index contributed by atoms with van der Waals surface area (Å²) >= 11 is 0. The van der Waals surface area contributed by atoms with E-state index in [0.717, 1.165) is 25.0 Å². The van der Waals surface area contributed by atoms with Gasteiger partial charge in [-0.25, -0.2) is 15.4 Å². The number of esters is 2. The van der Waals surface area contributed by atoms with Crippen LogP contribution in [0.4, 0.5) is 0 Å². The van der Waals surface area contributed by atoms with Crippen LogP contribution in [0.5, 0.6) is 11.5 Å². The van der Waals surface area contributed by atoms with Crippen molar-refractivity contribution in [2.75, 3.05) is 6.61 Å². The number of amides is 1. The van der Waals surface area contributed by atoms with Crippen LogP contribution in [0.25, 0.3) is 11.1 Å². The molecule has 0 atom stereocenters. The molecule has 37 heavy (non-hydrogen) atoms. The molecule has 1 saturated carbocycles. The lowest BCUT2D eigenvalue weighted by molar-refractivity contribution is 0.0374. The highest BCUT2D eigenvalue weighted by atomic mass is 16.6. The molecule has 1 heterocycles. The number of aromatic hydroxyl groups is 1. The molecule has 0 bridgehead atoms. The van der Waals surface area contributed by atoms with Gasteiger partial charge in [0.2, 0.25) is 5.76 Å². The van der Waals surface area contributed by atoms with Gasteiger partial charge in [0.05, 0.1) is 24.0 Å². The summed E-state index contributed by atoms with van der Waals surface area (Å²) in [5, 5.41) is 19.2. The number of carbonyl (C=O) groups is 3. The van der Waals surface area contributed by atoms with Crippen molar-refractivity contribution in [1.29, 1.82) is 5.26 Å². The van der Waals surface area contributed by atoms with Gasteiger partial charge in [-0.1, -0.05) is 37.5 Å². The maximum absolute atomic E-state index is 13.0. The third-order valence-electron chi connectivity index (χ3n) is 6.29. The zero-order valence-corrected chi connectivity index (χ0v) is 19.9. The average Bonchev–Trinajstić information content (AvgIpc) is 3.42. The molecule has 0 aliphatic heterocycles. The molecule has 0 saturated heterocycles. The number of carbonyl (C=O) groups excluding carboxylic acids is 3. The molecular weight excluding hydrogens is 478 g/mol. The van der Waals surface area contributed by atoms with Crippen LogP contribution in [-0.2, 0) is 4.74 Å². The molecule has 2 aromatic carbocycles. The Morgan fingerprint density at radius 3 is 2.54 bits per heavy atom. The second-order valence-electron chi connectivity index (χ2n) is 8.62. The van der Waals surface area contributed by atoms with E-state index < -0.39 is 40.3 Å². The maximum atomic E-state index is 13.0. The highest BCUT2D eigenvalue weighted by Gasteiger charge is 2.29. The summed E-state index contributed by atoms with van der Waals surface area (Å²) in [6, 6.07) is 12.4. The molecule has 4 N–H and O–H groups in total. The smallest absolute Gasteiger partial charge is 0.382 e. The number of nitrogens with one attached hydrogen (secondary N) is 1. The molecule has 1 aromatic heterocycles. The van der Waals surface area contributed by atoms with E-state index in [1.54, 1.807) is 35.8 Å². The fourth-order valence-electron chi connectivity index (χ4n) is 4.42. The highest BCUT2D eigenvalue weighted by molar-refractivity contribution is 6.11. The van der Waals surface area contributed by atoms with Gasteiger partial charge in [0.25, 0.3) is 5.91 Å². The van der Waals surface area contributed by atoms with E-state index >= 15 is 0 Å². The van der Waals surface area contributed by atoms with Crippen molar-refractivity contribution >= 4 is 17.8 Å². The van der Waals surface area contributed by atoms with Gasteiger partial charge in [0, 0.05) is 11.1 Å². The van der Waals surface area contributed by atoms with Crippen molar-refractivity contribution in [3.63, 3.8) is 0 Å². The van der Waals surface area contributed by atoms with Crippen LogP contribution >= 0.6 is 0 Å². The zero-order chi connectivity index (χ0) is 26.4. The number of nitrogens with two attached hydrogens (primary N) is 1. The summed E-state index contributed by atoms with van der Waals surface area (Å²) in [5.41, 5.74) is 1.30. The number of hydrazine groups is 1. The first-order valence-electron chi connectivity index (χ1n) is 11.8. The molecule has 10 nitrogen and oxygen atoms in total. The van der Waals surface area contributed by atoms with E-state index in [4.69, 9.17) is 19.7 Å². The van der Waals surface area contributed by atoms with Crippen molar-refractivity contribution < 1.29 is 33.4 Å². The lowest BCUT2D eigenvalue weighted by Gasteiger charge is -2.22. The minimum atomic E-state index is -1.23. The molecule has 10 heteroatoms. The molecule has 1 aliphatic rings. The summed E-state index contributed by atoms with van der Waals surface area (Å²) in [6.45, 7) is 0.557. The molecule has 1 aliphatic carbocycles. The minimum Gasteiger partial charge on any atom is -0.507 e. The third kappa shape index (κ3) is 5.47. The summed E-state index contributed by atoms with van der Waals surface area (Å²) in [5.74, 6) is 2.04. The van der Waals surface area contributed by atoms with Crippen molar-refractivity contribution in [3.05, 3.63) is 71.2 Å². The van der Waals surface area contributed by atoms with Gasteiger partial charge < -0.3 is 19.0 Å². The van der Waals surface area contributed by atoms with E-state index in [2.05, 4.69) is 0 Å². The minimum absolute atomic E-state index is 0.244. The molecule has 1 fully saturated rings. The van der Waals surface area contributed by atoms with Gasteiger partial charge in [0.1, 0.15) is 23.1 Å². The van der Waals surface area contributed by atoms with E-state index in [0.29, 0.717) is 29.4 Å². The molecule has 0 radical (unpaired) electrons. The first-order chi connectivity index (χ1) is 17.9. The van der Waals surface area contributed by atoms with Crippen LogP contribution in [0.2, 0.25) is 0 Å². The second kappa shape index (κ2) is 11.4. The fourth-order valence-corrected chi connectivity index (χ4v) is 4.42. The SMILES string of the molecule is N#Cc1c(O)ccc(C(=O)OC(=O)c2occc2-c2ccccc2OCC2CCCCC2)c1C(=O)NN. The first-order valence-corrected chi connectivity index (χ1v) is 11.8. The van der Waals surface area contributed by atoms with Crippen LogP contribution in [0, 0.1) is 17.2 Å².